The van der Waals surface area contributed by atoms with E-state index < -0.39 is 6.10 Å². The molecule has 3 aromatic rings. The Labute approximate surface area is 141 Å². The molecular formula is C20H22N2O2. The summed E-state index contributed by atoms with van der Waals surface area (Å²) in [4.78, 5) is 4.53. The van der Waals surface area contributed by atoms with Gasteiger partial charge in [-0.2, -0.15) is 0 Å². The van der Waals surface area contributed by atoms with Gasteiger partial charge in [-0.3, -0.25) is 0 Å². The minimum Gasteiger partial charge on any atom is -0.436 e. The normalized spacial score (nSPS) is 24.3. The number of aromatic nitrogens is 1. The highest BCUT2D eigenvalue weighted by molar-refractivity contribution is 5.75. The van der Waals surface area contributed by atoms with Gasteiger partial charge in [0.05, 0.1) is 6.10 Å². The van der Waals surface area contributed by atoms with Crippen molar-refractivity contribution < 1.29 is 9.52 Å². The van der Waals surface area contributed by atoms with E-state index in [0.717, 1.165) is 42.3 Å². The number of rotatable bonds is 3. The predicted molar refractivity (Wildman–Crippen MR) is 94.5 cm³/mol. The first kappa shape index (κ1) is 15.4. The first-order valence-electron chi connectivity index (χ1n) is 8.59. The van der Waals surface area contributed by atoms with Crippen LogP contribution in [0.2, 0.25) is 0 Å². The Kier molecular flexibility index (Phi) is 4.08. The molecule has 24 heavy (non-hydrogen) atoms. The van der Waals surface area contributed by atoms with Crippen molar-refractivity contribution in [2.24, 2.45) is 11.7 Å². The van der Waals surface area contributed by atoms with Gasteiger partial charge in [0.2, 0.25) is 5.89 Å². The zero-order valence-corrected chi connectivity index (χ0v) is 13.6. The first-order valence-corrected chi connectivity index (χ1v) is 8.59. The van der Waals surface area contributed by atoms with Gasteiger partial charge in [-0.15, -0.1) is 0 Å². The second-order valence-electron chi connectivity index (χ2n) is 6.73. The lowest BCUT2D eigenvalue weighted by atomic mass is 9.80. The smallest absolute Gasteiger partial charge is 0.227 e. The molecule has 0 aliphatic heterocycles. The number of oxazole rings is 1. The van der Waals surface area contributed by atoms with E-state index in [-0.39, 0.29) is 12.0 Å². The molecule has 1 aliphatic rings. The largest absolute Gasteiger partial charge is 0.436 e. The third-order valence-electron chi connectivity index (χ3n) is 5.03. The van der Waals surface area contributed by atoms with Crippen LogP contribution in [0.25, 0.3) is 22.6 Å². The van der Waals surface area contributed by atoms with E-state index in [4.69, 9.17) is 10.2 Å². The maximum Gasteiger partial charge on any atom is 0.227 e. The van der Waals surface area contributed by atoms with Gasteiger partial charge in [0.1, 0.15) is 5.52 Å². The molecule has 1 aromatic heterocycles. The van der Waals surface area contributed by atoms with E-state index in [1.165, 1.54) is 5.56 Å². The van der Waals surface area contributed by atoms with Gasteiger partial charge >= 0.3 is 0 Å². The summed E-state index contributed by atoms with van der Waals surface area (Å²) < 4.78 is 5.81. The molecule has 1 heterocycles. The quantitative estimate of drug-likeness (QED) is 0.774. The van der Waals surface area contributed by atoms with E-state index in [1.54, 1.807) is 0 Å². The van der Waals surface area contributed by atoms with Crippen molar-refractivity contribution in [3.63, 3.8) is 0 Å². The topological polar surface area (TPSA) is 72.3 Å². The van der Waals surface area contributed by atoms with Crippen LogP contribution in [-0.4, -0.2) is 22.2 Å². The number of nitrogens with two attached hydrogens (primary N) is 1. The van der Waals surface area contributed by atoms with Crippen molar-refractivity contribution in [1.29, 1.82) is 0 Å². The number of para-hydroxylation sites is 2. The van der Waals surface area contributed by atoms with Gasteiger partial charge in [-0.1, -0.05) is 30.7 Å². The molecule has 1 saturated carbocycles. The number of hydrogen-bond donors (Lipinski definition) is 2. The van der Waals surface area contributed by atoms with Crippen LogP contribution in [0.3, 0.4) is 0 Å². The number of hydrogen-bond acceptors (Lipinski definition) is 4. The Morgan fingerprint density at radius 1 is 1.08 bits per heavy atom. The van der Waals surface area contributed by atoms with E-state index in [9.17, 15) is 5.11 Å². The van der Waals surface area contributed by atoms with Crippen LogP contribution in [0.1, 0.15) is 24.8 Å². The molecule has 2 aromatic carbocycles. The molecule has 0 radical (unpaired) electrons. The lowest BCUT2D eigenvalue weighted by Gasteiger charge is -2.32. The van der Waals surface area contributed by atoms with E-state index in [1.807, 2.05) is 36.4 Å². The summed E-state index contributed by atoms with van der Waals surface area (Å²) in [6.45, 7) is 0. The second-order valence-corrected chi connectivity index (χ2v) is 6.73. The minimum atomic E-state index is -0.393. The Bertz CT molecular complexity index is 792. The Morgan fingerprint density at radius 3 is 2.67 bits per heavy atom. The third kappa shape index (κ3) is 2.95. The van der Waals surface area contributed by atoms with Crippen LogP contribution >= 0.6 is 0 Å². The third-order valence-corrected chi connectivity index (χ3v) is 5.03. The highest BCUT2D eigenvalue weighted by Gasteiger charge is 2.29. The molecule has 0 amide bonds. The SMILES string of the molecule is N[C@H]1CCC[C@@H](Cc2ccc(-c3nc4ccccc4o3)cc2)[C@H]1O. The first-order chi connectivity index (χ1) is 11.7. The molecule has 1 fully saturated rings. The number of aliphatic hydroxyl groups excluding tert-OH is 1. The fraction of sp³-hybridized carbons (Fsp3) is 0.350. The van der Waals surface area contributed by atoms with E-state index >= 15 is 0 Å². The Balaban J connectivity index is 1.52. The van der Waals surface area contributed by atoms with Gasteiger partial charge in [0, 0.05) is 11.6 Å². The number of fused-ring (bicyclic) bond motifs is 1. The highest BCUT2D eigenvalue weighted by Crippen LogP contribution is 2.28. The Hall–Kier alpha value is -2.17. The van der Waals surface area contributed by atoms with Crippen LogP contribution in [0.4, 0.5) is 0 Å². The molecule has 4 nitrogen and oxygen atoms in total. The van der Waals surface area contributed by atoms with Gasteiger partial charge in [0.25, 0.3) is 0 Å². The fourth-order valence-corrected chi connectivity index (χ4v) is 3.61. The standard InChI is InChI=1S/C20H22N2O2/c21-16-5-3-4-15(19(16)23)12-13-8-10-14(11-9-13)20-22-17-6-1-2-7-18(17)24-20/h1-2,6-11,15-16,19,23H,3-5,12,21H2/t15-,16-,19+/m0/s1. The molecule has 3 atom stereocenters. The zero-order chi connectivity index (χ0) is 16.5. The van der Waals surface area contributed by atoms with Gasteiger partial charge in [0.15, 0.2) is 5.58 Å². The molecule has 124 valence electrons. The maximum atomic E-state index is 10.3. The lowest BCUT2D eigenvalue weighted by Crippen LogP contribution is -2.43. The van der Waals surface area contributed by atoms with Crippen LogP contribution in [-0.2, 0) is 6.42 Å². The molecule has 3 N–H and O–H groups in total. The molecule has 0 spiro atoms. The molecular weight excluding hydrogens is 300 g/mol. The number of aliphatic hydroxyl groups is 1. The van der Waals surface area contributed by atoms with Crippen LogP contribution in [0.15, 0.2) is 52.9 Å². The monoisotopic (exact) mass is 322 g/mol. The lowest BCUT2D eigenvalue weighted by molar-refractivity contribution is 0.0515. The predicted octanol–water partition coefficient (Wildman–Crippen LogP) is 3.53. The van der Waals surface area contributed by atoms with Crippen LogP contribution < -0.4 is 5.73 Å². The summed E-state index contributed by atoms with van der Waals surface area (Å²) in [6, 6.07) is 16.0. The molecule has 0 saturated heterocycles. The summed E-state index contributed by atoms with van der Waals surface area (Å²) in [5.74, 6) is 0.895. The van der Waals surface area contributed by atoms with Gasteiger partial charge in [-0.05, 0) is 55.0 Å². The van der Waals surface area contributed by atoms with Crippen molar-refractivity contribution in [1.82, 2.24) is 4.98 Å². The second kappa shape index (κ2) is 6.38. The summed E-state index contributed by atoms with van der Waals surface area (Å²) in [6.07, 6.45) is 3.54. The zero-order valence-electron chi connectivity index (χ0n) is 13.6. The van der Waals surface area contributed by atoms with Gasteiger partial charge in [-0.25, -0.2) is 4.98 Å². The molecule has 1 aliphatic carbocycles. The fourth-order valence-electron chi connectivity index (χ4n) is 3.61. The summed E-state index contributed by atoms with van der Waals surface area (Å²) in [5, 5.41) is 10.3. The molecule has 0 bridgehead atoms. The summed E-state index contributed by atoms with van der Waals surface area (Å²) in [7, 11) is 0. The van der Waals surface area contributed by atoms with Crippen molar-refractivity contribution >= 4 is 11.1 Å². The minimum absolute atomic E-state index is 0.0808. The number of nitrogens with zero attached hydrogens (tertiary/aromatic N) is 1. The summed E-state index contributed by atoms with van der Waals surface area (Å²) >= 11 is 0. The van der Waals surface area contributed by atoms with Crippen molar-refractivity contribution in [2.75, 3.05) is 0 Å². The van der Waals surface area contributed by atoms with E-state index in [0.29, 0.717) is 5.89 Å². The average Bonchev–Trinajstić information content (AvgIpc) is 3.04. The van der Waals surface area contributed by atoms with Crippen LogP contribution in [0.5, 0.6) is 0 Å². The highest BCUT2D eigenvalue weighted by atomic mass is 16.3. The average molecular weight is 322 g/mol. The van der Waals surface area contributed by atoms with Crippen molar-refractivity contribution in [3.05, 3.63) is 54.1 Å². The van der Waals surface area contributed by atoms with Gasteiger partial charge < -0.3 is 15.3 Å². The number of benzene rings is 2. The van der Waals surface area contributed by atoms with E-state index in [2.05, 4.69) is 17.1 Å². The molecule has 4 rings (SSSR count). The molecule has 0 unspecified atom stereocenters. The summed E-state index contributed by atoms with van der Waals surface area (Å²) in [5.41, 5.74) is 9.85. The molecule has 4 heteroatoms. The van der Waals surface area contributed by atoms with Crippen molar-refractivity contribution in [3.8, 4) is 11.5 Å². The Morgan fingerprint density at radius 2 is 1.88 bits per heavy atom. The van der Waals surface area contributed by atoms with Crippen molar-refractivity contribution in [2.45, 2.75) is 37.8 Å². The maximum absolute atomic E-state index is 10.3. The van der Waals surface area contributed by atoms with Crippen LogP contribution in [0, 0.1) is 5.92 Å².